The van der Waals surface area contributed by atoms with Crippen LogP contribution in [0, 0.1) is 11.8 Å². The number of carboxylic acids is 1. The molecule has 1 aliphatic carbocycles. The van der Waals surface area contributed by atoms with Gasteiger partial charge in [-0.05, 0) is 61.4 Å². The molecule has 2 N–H and O–H groups in total. The molecule has 1 aromatic carbocycles. The van der Waals surface area contributed by atoms with Gasteiger partial charge < -0.3 is 19.4 Å². The topological polar surface area (TPSA) is 97.4 Å². The number of hydrogen-bond acceptors (Lipinski definition) is 4. The molecular weight excluding hydrogens is 418 g/mol. The van der Waals surface area contributed by atoms with Gasteiger partial charge in [-0.3, -0.25) is 4.79 Å². The van der Waals surface area contributed by atoms with Gasteiger partial charge in [0.05, 0.1) is 23.7 Å². The third-order valence-electron chi connectivity index (χ3n) is 6.65. The Hall–Kier alpha value is -3.09. The molecule has 1 saturated carbocycles. The molecule has 1 amide bonds. The number of fused-ring (bicyclic) bond motifs is 1. The van der Waals surface area contributed by atoms with Crippen LogP contribution >= 0.6 is 0 Å². The molecule has 0 spiro atoms. The number of benzene rings is 1. The first-order valence-electron chi connectivity index (χ1n) is 11.9. The zero-order valence-electron chi connectivity index (χ0n) is 19.6. The Kier molecular flexibility index (Phi) is 6.86. The van der Waals surface area contributed by atoms with Crippen molar-refractivity contribution < 1.29 is 19.1 Å². The van der Waals surface area contributed by atoms with Crippen LogP contribution in [-0.4, -0.2) is 32.6 Å². The normalized spacial score (nSPS) is 19.6. The van der Waals surface area contributed by atoms with E-state index in [0.717, 1.165) is 29.0 Å². The highest BCUT2D eigenvalue weighted by Crippen LogP contribution is 2.37. The Morgan fingerprint density at radius 3 is 2.70 bits per heavy atom. The minimum absolute atomic E-state index is 0.159. The number of rotatable bonds is 8. The summed E-state index contributed by atoms with van der Waals surface area (Å²) in [5.41, 5.74) is 2.17. The maximum absolute atomic E-state index is 12.9. The van der Waals surface area contributed by atoms with Gasteiger partial charge in [0.2, 0.25) is 0 Å². The van der Waals surface area contributed by atoms with Gasteiger partial charge >= 0.3 is 5.97 Å². The fourth-order valence-corrected chi connectivity index (χ4v) is 4.97. The molecule has 2 heterocycles. The third kappa shape index (κ3) is 5.13. The van der Waals surface area contributed by atoms with Gasteiger partial charge in [0, 0.05) is 11.6 Å². The third-order valence-corrected chi connectivity index (χ3v) is 6.65. The van der Waals surface area contributed by atoms with Gasteiger partial charge in [0.1, 0.15) is 17.6 Å². The van der Waals surface area contributed by atoms with E-state index in [9.17, 15) is 14.7 Å². The second-order valence-electron chi connectivity index (χ2n) is 9.68. The second-order valence-corrected chi connectivity index (χ2v) is 9.68. The molecule has 0 saturated heterocycles. The molecule has 3 aromatic rings. The summed E-state index contributed by atoms with van der Waals surface area (Å²) in [6.45, 7) is 6.18. The fourth-order valence-electron chi connectivity index (χ4n) is 4.97. The summed E-state index contributed by atoms with van der Waals surface area (Å²) in [6.07, 6.45) is 7.38. The minimum Gasteiger partial charge on any atom is -0.480 e. The van der Waals surface area contributed by atoms with Gasteiger partial charge in [0.25, 0.3) is 5.91 Å². The summed E-state index contributed by atoms with van der Waals surface area (Å²) in [4.78, 5) is 29.4. The molecule has 0 bridgehead atoms. The fraction of sp³-hybridized carbons (Fsp3) is 0.500. The quantitative estimate of drug-likeness (QED) is 0.491. The molecule has 1 fully saturated rings. The SMILES string of the molecule is CC(C)C[C@H](NC(=O)c1ccc2c(c1)nc(Cc1ccco1)n2C1CCCCC1C)C(=O)O. The number of hydrogen-bond donors (Lipinski definition) is 2. The molecule has 33 heavy (non-hydrogen) atoms. The molecule has 0 radical (unpaired) electrons. The number of aromatic nitrogens is 2. The van der Waals surface area contributed by atoms with Gasteiger partial charge in [-0.15, -0.1) is 0 Å². The predicted molar refractivity (Wildman–Crippen MR) is 126 cm³/mol. The van der Waals surface area contributed by atoms with Crippen LogP contribution in [0.4, 0.5) is 0 Å². The van der Waals surface area contributed by atoms with Crippen LogP contribution < -0.4 is 5.32 Å². The van der Waals surface area contributed by atoms with Crippen LogP contribution in [-0.2, 0) is 11.2 Å². The zero-order valence-corrected chi connectivity index (χ0v) is 19.6. The molecule has 7 nitrogen and oxygen atoms in total. The largest absolute Gasteiger partial charge is 0.480 e. The van der Waals surface area contributed by atoms with Crippen LogP contribution in [0.15, 0.2) is 41.0 Å². The lowest BCUT2D eigenvalue weighted by molar-refractivity contribution is -0.139. The summed E-state index contributed by atoms with van der Waals surface area (Å²) in [6, 6.07) is 8.77. The maximum atomic E-state index is 12.9. The highest BCUT2D eigenvalue weighted by molar-refractivity contribution is 5.99. The summed E-state index contributed by atoms with van der Waals surface area (Å²) in [5, 5.41) is 12.2. The van der Waals surface area contributed by atoms with Crippen molar-refractivity contribution in [1.29, 1.82) is 0 Å². The van der Waals surface area contributed by atoms with Crippen LogP contribution in [0.2, 0.25) is 0 Å². The number of carbonyl (C=O) groups is 2. The van der Waals surface area contributed by atoms with E-state index in [-0.39, 0.29) is 5.92 Å². The zero-order chi connectivity index (χ0) is 23.5. The number of nitrogens with one attached hydrogen (secondary N) is 1. The van der Waals surface area contributed by atoms with Crippen molar-refractivity contribution in [2.45, 2.75) is 71.4 Å². The molecule has 1 aliphatic rings. The average Bonchev–Trinajstić information content (AvgIpc) is 3.40. The molecule has 7 heteroatoms. The number of amides is 1. The highest BCUT2D eigenvalue weighted by atomic mass is 16.4. The van der Waals surface area contributed by atoms with Crippen molar-refractivity contribution >= 4 is 22.9 Å². The first kappa shape index (κ1) is 23.1. The summed E-state index contributed by atoms with van der Waals surface area (Å²) < 4.78 is 7.92. The summed E-state index contributed by atoms with van der Waals surface area (Å²) >= 11 is 0. The molecular formula is C26H33N3O4. The number of aliphatic carboxylic acids is 1. The smallest absolute Gasteiger partial charge is 0.326 e. The minimum atomic E-state index is -1.02. The monoisotopic (exact) mass is 451 g/mol. The molecule has 2 aromatic heterocycles. The van der Waals surface area contributed by atoms with E-state index < -0.39 is 17.9 Å². The van der Waals surface area contributed by atoms with Crippen LogP contribution in [0.25, 0.3) is 11.0 Å². The van der Waals surface area contributed by atoms with Crippen molar-refractivity contribution in [1.82, 2.24) is 14.9 Å². The van der Waals surface area contributed by atoms with E-state index in [1.165, 1.54) is 19.3 Å². The lowest BCUT2D eigenvalue weighted by Crippen LogP contribution is -2.41. The highest BCUT2D eigenvalue weighted by Gasteiger charge is 2.28. The summed E-state index contributed by atoms with van der Waals surface area (Å²) in [5.74, 6) is 1.08. The molecule has 4 rings (SSSR count). The Labute approximate surface area is 194 Å². The van der Waals surface area contributed by atoms with Crippen molar-refractivity contribution in [3.8, 4) is 0 Å². The van der Waals surface area contributed by atoms with Crippen molar-refractivity contribution in [3.05, 3.63) is 53.7 Å². The number of carbonyl (C=O) groups excluding carboxylic acids is 1. The Morgan fingerprint density at radius 2 is 2.03 bits per heavy atom. The van der Waals surface area contributed by atoms with Crippen LogP contribution in [0.3, 0.4) is 0 Å². The van der Waals surface area contributed by atoms with Crippen LogP contribution in [0.1, 0.15) is 80.9 Å². The van der Waals surface area contributed by atoms with Crippen molar-refractivity contribution in [2.75, 3.05) is 0 Å². The summed E-state index contributed by atoms with van der Waals surface area (Å²) in [7, 11) is 0. The average molecular weight is 452 g/mol. The first-order valence-corrected chi connectivity index (χ1v) is 11.9. The molecule has 0 aliphatic heterocycles. The van der Waals surface area contributed by atoms with E-state index in [1.807, 2.05) is 32.0 Å². The standard InChI is InChI=1S/C26H33N3O4/c1-16(2)13-21(26(31)32)28-25(30)18-10-11-23-20(14-18)27-24(15-19-8-6-12-33-19)29(23)22-9-5-4-7-17(22)3/h6,8,10-12,14,16-17,21-22H,4-5,7,9,13,15H2,1-3H3,(H,28,30)(H,31,32)/t17?,21-,22?/m0/s1. The van der Waals surface area contributed by atoms with Gasteiger partial charge in [-0.25, -0.2) is 9.78 Å². The van der Waals surface area contributed by atoms with Crippen molar-refractivity contribution in [2.24, 2.45) is 11.8 Å². The van der Waals surface area contributed by atoms with E-state index in [2.05, 4.69) is 16.8 Å². The van der Waals surface area contributed by atoms with E-state index >= 15 is 0 Å². The first-order chi connectivity index (χ1) is 15.8. The van der Waals surface area contributed by atoms with Gasteiger partial charge in [0.15, 0.2) is 0 Å². The lowest BCUT2D eigenvalue weighted by atomic mass is 9.85. The second kappa shape index (κ2) is 9.81. The van der Waals surface area contributed by atoms with Gasteiger partial charge in [-0.2, -0.15) is 0 Å². The lowest BCUT2D eigenvalue weighted by Gasteiger charge is -2.31. The van der Waals surface area contributed by atoms with Crippen molar-refractivity contribution in [3.63, 3.8) is 0 Å². The van der Waals surface area contributed by atoms with E-state index in [4.69, 9.17) is 9.40 Å². The number of furan rings is 1. The Morgan fingerprint density at radius 1 is 1.24 bits per heavy atom. The predicted octanol–water partition coefficient (Wildman–Crippen LogP) is 5.20. The number of nitrogens with zero attached hydrogens (tertiary/aromatic N) is 2. The van der Waals surface area contributed by atoms with Gasteiger partial charge in [-0.1, -0.05) is 33.6 Å². The van der Waals surface area contributed by atoms with E-state index in [1.54, 1.807) is 18.4 Å². The molecule has 2 unspecified atom stereocenters. The van der Waals surface area contributed by atoms with Crippen LogP contribution in [0.5, 0.6) is 0 Å². The molecule has 176 valence electrons. The Balaban J connectivity index is 1.68. The van der Waals surface area contributed by atoms with E-state index in [0.29, 0.717) is 30.4 Å². The molecule has 3 atom stereocenters. The Bertz CT molecular complexity index is 1120. The maximum Gasteiger partial charge on any atom is 0.326 e. The number of carboxylic acid groups (broad SMARTS) is 1. The number of imidazole rings is 1.